The Morgan fingerprint density at radius 3 is 2.33 bits per heavy atom. The van der Waals surface area contributed by atoms with E-state index in [1.54, 1.807) is 0 Å². The highest BCUT2D eigenvalue weighted by molar-refractivity contribution is 5.79. The molecule has 150 valence electrons. The second-order valence-electron chi connectivity index (χ2n) is 7.23. The first-order chi connectivity index (χ1) is 14.7. The average molecular weight is 397 g/mol. The molecule has 0 aliphatic heterocycles. The molecule has 0 aromatic heterocycles. The summed E-state index contributed by atoms with van der Waals surface area (Å²) in [5.74, 6) is 6.02. The number of benzene rings is 3. The standard InChI is InChI=1S/C26H23NO3/c1-18-19(8-6-9-20(18)16-28)10-7-15-27-26(29)30-17-25-23-13-4-2-11-21(23)22-12-3-5-14-24(22)25/h2-6,8-9,11-14,25,28H,15-17H2,1H3,(H,27,29). The van der Waals surface area contributed by atoms with Gasteiger partial charge in [0, 0.05) is 11.5 Å². The Kier molecular flexibility index (Phi) is 5.83. The molecule has 1 aliphatic carbocycles. The number of hydrogen-bond donors (Lipinski definition) is 2. The summed E-state index contributed by atoms with van der Waals surface area (Å²) in [6, 6.07) is 22.1. The van der Waals surface area contributed by atoms with Crippen LogP contribution < -0.4 is 5.32 Å². The van der Waals surface area contributed by atoms with Crippen molar-refractivity contribution in [3.8, 4) is 23.0 Å². The fourth-order valence-corrected chi connectivity index (χ4v) is 3.90. The van der Waals surface area contributed by atoms with E-state index < -0.39 is 6.09 Å². The van der Waals surface area contributed by atoms with Crippen LogP contribution in [0.3, 0.4) is 0 Å². The maximum atomic E-state index is 12.2. The molecule has 0 saturated carbocycles. The second kappa shape index (κ2) is 8.86. The second-order valence-corrected chi connectivity index (χ2v) is 7.23. The normalized spacial score (nSPS) is 11.8. The molecule has 3 aromatic rings. The molecule has 1 amide bonds. The third kappa shape index (κ3) is 3.94. The van der Waals surface area contributed by atoms with Crippen LogP contribution in [0.1, 0.15) is 33.7 Å². The molecule has 4 heteroatoms. The molecule has 0 atom stereocenters. The molecule has 0 spiro atoms. The number of alkyl carbamates (subject to hydrolysis) is 1. The SMILES string of the molecule is Cc1c(C#CCNC(=O)OCC2c3ccccc3-c3ccccc32)cccc1CO. The number of aliphatic hydroxyl groups excluding tert-OH is 1. The predicted molar refractivity (Wildman–Crippen MR) is 117 cm³/mol. The van der Waals surface area contributed by atoms with Crippen molar-refractivity contribution in [2.24, 2.45) is 0 Å². The van der Waals surface area contributed by atoms with Crippen molar-refractivity contribution in [2.75, 3.05) is 13.2 Å². The van der Waals surface area contributed by atoms with Crippen LogP contribution in [0.25, 0.3) is 11.1 Å². The summed E-state index contributed by atoms with van der Waals surface area (Å²) in [6.07, 6.45) is -0.480. The lowest BCUT2D eigenvalue weighted by Crippen LogP contribution is -2.26. The minimum Gasteiger partial charge on any atom is -0.449 e. The summed E-state index contributed by atoms with van der Waals surface area (Å²) in [5.41, 5.74) is 7.42. The largest absolute Gasteiger partial charge is 0.449 e. The maximum absolute atomic E-state index is 12.2. The Morgan fingerprint density at radius 1 is 1.00 bits per heavy atom. The first-order valence-corrected chi connectivity index (χ1v) is 9.96. The Bertz CT molecular complexity index is 1090. The number of nitrogens with one attached hydrogen (secondary N) is 1. The van der Waals surface area contributed by atoms with Crippen molar-refractivity contribution < 1.29 is 14.6 Å². The topological polar surface area (TPSA) is 58.6 Å². The number of carbonyl (C=O) groups excluding carboxylic acids is 1. The summed E-state index contributed by atoms with van der Waals surface area (Å²) >= 11 is 0. The van der Waals surface area contributed by atoms with Crippen LogP contribution in [-0.2, 0) is 11.3 Å². The molecule has 2 N–H and O–H groups in total. The van der Waals surface area contributed by atoms with Gasteiger partial charge in [-0.25, -0.2) is 4.79 Å². The van der Waals surface area contributed by atoms with Crippen LogP contribution >= 0.6 is 0 Å². The summed E-state index contributed by atoms with van der Waals surface area (Å²) < 4.78 is 5.50. The van der Waals surface area contributed by atoms with Gasteiger partial charge in [-0.15, -0.1) is 0 Å². The molecule has 0 radical (unpaired) electrons. The average Bonchev–Trinajstić information content (AvgIpc) is 3.10. The summed E-state index contributed by atoms with van der Waals surface area (Å²) in [4.78, 5) is 12.2. The Morgan fingerprint density at radius 2 is 1.67 bits per heavy atom. The lowest BCUT2D eigenvalue weighted by atomic mass is 9.98. The van der Waals surface area contributed by atoms with Crippen molar-refractivity contribution in [1.29, 1.82) is 0 Å². The number of aliphatic hydroxyl groups is 1. The van der Waals surface area contributed by atoms with Gasteiger partial charge >= 0.3 is 6.09 Å². The lowest BCUT2D eigenvalue weighted by molar-refractivity contribution is 0.144. The predicted octanol–water partition coefficient (Wildman–Crippen LogP) is 4.38. The molecular weight excluding hydrogens is 374 g/mol. The minimum absolute atomic E-state index is 0.0145. The molecule has 1 aliphatic rings. The van der Waals surface area contributed by atoms with E-state index in [-0.39, 0.29) is 25.7 Å². The van der Waals surface area contributed by atoms with Crippen LogP contribution in [-0.4, -0.2) is 24.4 Å². The molecule has 0 fully saturated rings. The molecule has 0 saturated heterocycles. The van der Waals surface area contributed by atoms with Gasteiger partial charge in [0.1, 0.15) is 6.61 Å². The molecule has 30 heavy (non-hydrogen) atoms. The number of fused-ring (bicyclic) bond motifs is 3. The van der Waals surface area contributed by atoms with E-state index in [0.717, 1.165) is 16.7 Å². The summed E-state index contributed by atoms with van der Waals surface area (Å²) in [7, 11) is 0. The van der Waals surface area contributed by atoms with E-state index in [9.17, 15) is 9.90 Å². The van der Waals surface area contributed by atoms with Gasteiger partial charge in [0.05, 0.1) is 13.2 Å². The van der Waals surface area contributed by atoms with Gasteiger partial charge in [0.2, 0.25) is 0 Å². The van der Waals surface area contributed by atoms with Gasteiger partial charge in [-0.05, 0) is 46.4 Å². The van der Waals surface area contributed by atoms with E-state index >= 15 is 0 Å². The Balaban J connectivity index is 1.36. The molecule has 0 unspecified atom stereocenters. The number of amides is 1. The third-order valence-electron chi connectivity index (χ3n) is 5.50. The number of carbonyl (C=O) groups is 1. The Hall–Kier alpha value is -3.55. The molecule has 3 aromatic carbocycles. The maximum Gasteiger partial charge on any atom is 0.407 e. The summed E-state index contributed by atoms with van der Waals surface area (Å²) in [6.45, 7) is 2.39. The molecule has 4 nitrogen and oxygen atoms in total. The van der Waals surface area contributed by atoms with Gasteiger partial charge in [0.25, 0.3) is 0 Å². The number of ether oxygens (including phenoxy) is 1. The van der Waals surface area contributed by atoms with Crippen molar-refractivity contribution in [3.05, 3.63) is 94.5 Å². The van der Waals surface area contributed by atoms with Crippen LogP contribution in [0, 0.1) is 18.8 Å². The van der Waals surface area contributed by atoms with Crippen LogP contribution in [0.4, 0.5) is 4.79 Å². The molecule has 4 rings (SSSR count). The fraction of sp³-hybridized carbons (Fsp3) is 0.192. The lowest BCUT2D eigenvalue weighted by Gasteiger charge is -2.14. The van der Waals surface area contributed by atoms with Crippen LogP contribution in [0.2, 0.25) is 0 Å². The zero-order valence-corrected chi connectivity index (χ0v) is 16.8. The van der Waals surface area contributed by atoms with Crippen molar-refractivity contribution in [2.45, 2.75) is 19.4 Å². The van der Waals surface area contributed by atoms with E-state index in [4.69, 9.17) is 4.74 Å². The van der Waals surface area contributed by atoms with E-state index in [1.807, 2.05) is 49.4 Å². The van der Waals surface area contributed by atoms with Crippen LogP contribution in [0.5, 0.6) is 0 Å². The van der Waals surface area contributed by atoms with Crippen molar-refractivity contribution >= 4 is 6.09 Å². The van der Waals surface area contributed by atoms with E-state index in [2.05, 4.69) is 41.4 Å². The van der Waals surface area contributed by atoms with Crippen molar-refractivity contribution in [1.82, 2.24) is 5.32 Å². The van der Waals surface area contributed by atoms with Gasteiger partial charge in [-0.3, -0.25) is 0 Å². The highest BCUT2D eigenvalue weighted by Gasteiger charge is 2.28. The van der Waals surface area contributed by atoms with Gasteiger partial charge < -0.3 is 15.2 Å². The smallest absolute Gasteiger partial charge is 0.407 e. The van der Waals surface area contributed by atoms with E-state index in [0.29, 0.717) is 0 Å². The monoisotopic (exact) mass is 397 g/mol. The highest BCUT2D eigenvalue weighted by atomic mass is 16.5. The summed E-state index contributed by atoms with van der Waals surface area (Å²) in [5, 5.41) is 12.0. The van der Waals surface area contributed by atoms with Gasteiger partial charge in [-0.2, -0.15) is 0 Å². The first kappa shape index (κ1) is 19.8. The minimum atomic E-state index is -0.480. The zero-order chi connectivity index (χ0) is 20.9. The Labute approximate surface area is 176 Å². The van der Waals surface area contributed by atoms with Gasteiger partial charge in [-0.1, -0.05) is 72.5 Å². The van der Waals surface area contributed by atoms with Gasteiger partial charge in [0.15, 0.2) is 0 Å². The zero-order valence-electron chi connectivity index (χ0n) is 16.8. The molecule has 0 heterocycles. The first-order valence-electron chi connectivity index (χ1n) is 9.96. The number of hydrogen-bond acceptors (Lipinski definition) is 3. The fourth-order valence-electron chi connectivity index (χ4n) is 3.90. The number of rotatable bonds is 4. The highest BCUT2D eigenvalue weighted by Crippen LogP contribution is 2.44. The van der Waals surface area contributed by atoms with E-state index in [1.165, 1.54) is 22.3 Å². The third-order valence-corrected chi connectivity index (χ3v) is 5.50. The molecule has 0 bridgehead atoms. The quantitative estimate of drug-likeness (QED) is 0.643. The van der Waals surface area contributed by atoms with Crippen LogP contribution in [0.15, 0.2) is 66.7 Å². The van der Waals surface area contributed by atoms with Crippen molar-refractivity contribution in [3.63, 3.8) is 0 Å². The molecular formula is C26H23NO3.